The summed E-state index contributed by atoms with van der Waals surface area (Å²) in [6.07, 6.45) is 5.10. The van der Waals surface area contributed by atoms with Crippen LogP contribution < -0.4 is 16.6 Å². The minimum absolute atomic E-state index is 0.0514. The van der Waals surface area contributed by atoms with E-state index in [-0.39, 0.29) is 5.91 Å². The molecule has 0 spiro atoms. The zero-order valence-corrected chi connectivity index (χ0v) is 11.3. The molecule has 2 saturated carbocycles. The molecular weight excluding hydrogens is 238 g/mol. The van der Waals surface area contributed by atoms with Gasteiger partial charge in [0.25, 0.3) is 5.91 Å². The van der Waals surface area contributed by atoms with Crippen molar-refractivity contribution in [2.45, 2.75) is 38.6 Å². The Morgan fingerprint density at radius 3 is 2.37 bits per heavy atom. The summed E-state index contributed by atoms with van der Waals surface area (Å²) in [5.74, 6) is 6.90. The van der Waals surface area contributed by atoms with E-state index < -0.39 is 0 Å². The molecule has 0 bridgehead atoms. The van der Waals surface area contributed by atoms with Crippen LogP contribution in [0.15, 0.2) is 18.2 Å². The largest absolute Gasteiger partial charge is 0.349 e. The van der Waals surface area contributed by atoms with Crippen molar-refractivity contribution in [1.82, 2.24) is 5.32 Å². The lowest BCUT2D eigenvalue weighted by atomic mass is 10.1. The number of amides is 1. The van der Waals surface area contributed by atoms with E-state index in [0.717, 1.165) is 28.7 Å². The number of anilines is 1. The number of nitrogens with one attached hydrogen (secondary N) is 2. The van der Waals surface area contributed by atoms with Gasteiger partial charge in [-0.1, -0.05) is 0 Å². The highest BCUT2D eigenvalue weighted by atomic mass is 16.1. The lowest BCUT2D eigenvalue weighted by Gasteiger charge is -2.18. The number of benzene rings is 1. The Hall–Kier alpha value is -1.55. The molecule has 3 rings (SSSR count). The summed E-state index contributed by atoms with van der Waals surface area (Å²) < 4.78 is 0. The number of nitrogens with two attached hydrogens (primary N) is 1. The first-order valence-electron chi connectivity index (χ1n) is 7.07. The fourth-order valence-corrected chi connectivity index (χ4v) is 2.73. The molecule has 0 aromatic heterocycles. The van der Waals surface area contributed by atoms with Crippen molar-refractivity contribution in [3.05, 3.63) is 29.3 Å². The molecule has 0 aliphatic heterocycles. The molecule has 2 aliphatic carbocycles. The molecule has 1 aromatic rings. The van der Waals surface area contributed by atoms with E-state index >= 15 is 0 Å². The van der Waals surface area contributed by atoms with Crippen LogP contribution in [0.25, 0.3) is 0 Å². The fraction of sp³-hybridized carbons (Fsp3) is 0.533. The van der Waals surface area contributed by atoms with Gasteiger partial charge in [0, 0.05) is 11.6 Å². The molecule has 4 N–H and O–H groups in total. The van der Waals surface area contributed by atoms with Crippen molar-refractivity contribution >= 4 is 11.6 Å². The number of nitrogen functional groups attached to an aromatic ring is 1. The lowest BCUT2D eigenvalue weighted by molar-refractivity contribution is 0.0926. The van der Waals surface area contributed by atoms with E-state index in [2.05, 4.69) is 10.7 Å². The molecule has 1 amide bonds. The molecule has 4 heteroatoms. The Bertz CT molecular complexity index is 480. The van der Waals surface area contributed by atoms with Gasteiger partial charge in [-0.25, -0.2) is 0 Å². The first kappa shape index (κ1) is 12.5. The van der Waals surface area contributed by atoms with Crippen LogP contribution >= 0.6 is 0 Å². The topological polar surface area (TPSA) is 67.2 Å². The Morgan fingerprint density at radius 1 is 1.26 bits per heavy atom. The normalized spacial score (nSPS) is 18.5. The van der Waals surface area contributed by atoms with E-state index in [1.54, 1.807) is 0 Å². The minimum atomic E-state index is 0.0514. The summed E-state index contributed by atoms with van der Waals surface area (Å²) in [7, 11) is 0. The van der Waals surface area contributed by atoms with Gasteiger partial charge >= 0.3 is 0 Å². The van der Waals surface area contributed by atoms with Crippen molar-refractivity contribution in [1.29, 1.82) is 0 Å². The highest BCUT2D eigenvalue weighted by molar-refractivity contribution is 5.95. The first-order valence-corrected chi connectivity index (χ1v) is 7.07. The second-order valence-corrected chi connectivity index (χ2v) is 5.85. The van der Waals surface area contributed by atoms with Crippen LogP contribution in [0.1, 0.15) is 41.6 Å². The third-order valence-electron chi connectivity index (χ3n) is 4.20. The molecule has 102 valence electrons. The van der Waals surface area contributed by atoms with E-state index in [1.807, 2.05) is 25.1 Å². The van der Waals surface area contributed by atoms with Gasteiger partial charge in [-0.15, -0.1) is 0 Å². The third kappa shape index (κ3) is 2.73. The van der Waals surface area contributed by atoms with Crippen molar-refractivity contribution in [3.63, 3.8) is 0 Å². The number of aryl methyl sites for hydroxylation is 1. The van der Waals surface area contributed by atoms with Gasteiger partial charge in [-0.3, -0.25) is 10.6 Å². The Labute approximate surface area is 113 Å². The average Bonchev–Trinajstić information content (AvgIpc) is 3.29. The zero-order valence-electron chi connectivity index (χ0n) is 11.3. The van der Waals surface area contributed by atoms with Crippen LogP contribution in [0.2, 0.25) is 0 Å². The molecule has 0 unspecified atom stereocenters. The van der Waals surface area contributed by atoms with E-state index in [1.165, 1.54) is 25.7 Å². The van der Waals surface area contributed by atoms with E-state index in [4.69, 9.17) is 5.84 Å². The average molecular weight is 259 g/mol. The molecule has 1 aromatic carbocycles. The van der Waals surface area contributed by atoms with Gasteiger partial charge in [0.2, 0.25) is 0 Å². The molecular formula is C15H21N3O. The zero-order chi connectivity index (χ0) is 13.4. The number of carbonyl (C=O) groups excluding carboxylic acids is 1. The number of hydrazine groups is 1. The van der Waals surface area contributed by atoms with Gasteiger partial charge in [-0.05, 0) is 68.2 Å². The molecule has 0 saturated heterocycles. The van der Waals surface area contributed by atoms with Crippen LogP contribution in [0.5, 0.6) is 0 Å². The van der Waals surface area contributed by atoms with Crippen molar-refractivity contribution in [2.75, 3.05) is 5.43 Å². The Morgan fingerprint density at radius 2 is 1.89 bits per heavy atom. The molecule has 2 aliphatic rings. The fourth-order valence-electron chi connectivity index (χ4n) is 2.73. The van der Waals surface area contributed by atoms with Gasteiger partial charge in [0.05, 0.1) is 5.69 Å². The number of carbonyl (C=O) groups is 1. The van der Waals surface area contributed by atoms with Crippen molar-refractivity contribution in [3.8, 4) is 0 Å². The predicted molar refractivity (Wildman–Crippen MR) is 75.7 cm³/mol. The second kappa shape index (κ2) is 4.85. The molecule has 0 atom stereocenters. The monoisotopic (exact) mass is 259 g/mol. The molecule has 2 fully saturated rings. The van der Waals surface area contributed by atoms with Crippen LogP contribution in [-0.4, -0.2) is 11.9 Å². The molecule has 19 heavy (non-hydrogen) atoms. The number of rotatable bonds is 5. The summed E-state index contributed by atoms with van der Waals surface area (Å²) in [6.45, 7) is 1.95. The van der Waals surface area contributed by atoms with Crippen LogP contribution in [0.4, 0.5) is 5.69 Å². The third-order valence-corrected chi connectivity index (χ3v) is 4.20. The van der Waals surface area contributed by atoms with Gasteiger partial charge in [0.15, 0.2) is 0 Å². The Kier molecular flexibility index (Phi) is 3.19. The molecule has 0 radical (unpaired) electrons. The lowest BCUT2D eigenvalue weighted by Crippen LogP contribution is -2.38. The Balaban J connectivity index is 1.70. The van der Waals surface area contributed by atoms with Crippen LogP contribution in [-0.2, 0) is 0 Å². The standard InChI is InChI=1S/C15H21N3O/c1-9-8-12(6-7-13(9)18-16)15(19)17-14(10-2-3-10)11-4-5-11/h6-8,10-11,14,18H,2-5,16H2,1H3,(H,17,19). The van der Waals surface area contributed by atoms with Crippen molar-refractivity contribution in [2.24, 2.45) is 17.7 Å². The van der Waals surface area contributed by atoms with Crippen molar-refractivity contribution < 1.29 is 4.79 Å². The molecule has 0 heterocycles. The number of hydrogen-bond donors (Lipinski definition) is 3. The summed E-state index contributed by atoms with van der Waals surface area (Å²) in [6, 6.07) is 5.98. The smallest absolute Gasteiger partial charge is 0.251 e. The second-order valence-electron chi connectivity index (χ2n) is 5.85. The predicted octanol–water partition coefficient (Wildman–Crippen LogP) is 2.20. The van der Waals surface area contributed by atoms with Crippen LogP contribution in [0, 0.1) is 18.8 Å². The maximum absolute atomic E-state index is 12.3. The van der Waals surface area contributed by atoms with Gasteiger partial charge in [0.1, 0.15) is 0 Å². The minimum Gasteiger partial charge on any atom is -0.349 e. The highest BCUT2D eigenvalue weighted by Crippen LogP contribution is 2.44. The maximum atomic E-state index is 12.3. The summed E-state index contributed by atoms with van der Waals surface area (Å²) in [5, 5.41) is 3.23. The summed E-state index contributed by atoms with van der Waals surface area (Å²) in [4.78, 5) is 12.3. The van der Waals surface area contributed by atoms with Gasteiger partial charge < -0.3 is 10.7 Å². The summed E-state index contributed by atoms with van der Waals surface area (Å²) in [5.41, 5.74) is 5.20. The van der Waals surface area contributed by atoms with Crippen LogP contribution in [0.3, 0.4) is 0 Å². The number of hydrogen-bond acceptors (Lipinski definition) is 3. The maximum Gasteiger partial charge on any atom is 0.251 e. The van der Waals surface area contributed by atoms with E-state index in [0.29, 0.717) is 6.04 Å². The first-order chi connectivity index (χ1) is 9.19. The highest BCUT2D eigenvalue weighted by Gasteiger charge is 2.42. The quantitative estimate of drug-likeness (QED) is 0.561. The summed E-state index contributed by atoms with van der Waals surface area (Å²) >= 11 is 0. The van der Waals surface area contributed by atoms with E-state index in [9.17, 15) is 4.79 Å². The SMILES string of the molecule is Cc1cc(C(=O)NC(C2CC2)C2CC2)ccc1NN. The van der Waals surface area contributed by atoms with Gasteiger partial charge in [-0.2, -0.15) is 0 Å². The molecule has 4 nitrogen and oxygen atoms in total.